The lowest BCUT2D eigenvalue weighted by atomic mass is 9.89. The van der Waals surface area contributed by atoms with Gasteiger partial charge < -0.3 is 15.2 Å². The van der Waals surface area contributed by atoms with E-state index in [-0.39, 0.29) is 5.56 Å². The Morgan fingerprint density at radius 3 is 2.59 bits per heavy atom. The molecule has 32 heavy (non-hydrogen) atoms. The zero-order valence-electron chi connectivity index (χ0n) is 18.4. The van der Waals surface area contributed by atoms with Crippen LogP contribution in [-0.4, -0.2) is 40.0 Å². The summed E-state index contributed by atoms with van der Waals surface area (Å²) < 4.78 is 0. The van der Waals surface area contributed by atoms with Gasteiger partial charge >= 0.3 is 0 Å². The van der Waals surface area contributed by atoms with Crippen molar-refractivity contribution in [2.45, 2.75) is 25.7 Å². The van der Waals surface area contributed by atoms with E-state index in [0.29, 0.717) is 17.1 Å². The molecule has 162 valence electrons. The van der Waals surface area contributed by atoms with E-state index in [1.54, 1.807) is 12.4 Å². The number of pyridine rings is 3. The number of hydrogen-bond acceptors (Lipinski definition) is 5. The number of aryl methyl sites for hydroxylation is 1. The Morgan fingerprint density at radius 2 is 1.84 bits per heavy atom. The summed E-state index contributed by atoms with van der Waals surface area (Å²) in [6.45, 7) is 4.29. The zero-order valence-corrected chi connectivity index (χ0v) is 18.4. The van der Waals surface area contributed by atoms with Crippen LogP contribution in [0.15, 0.2) is 65.8 Å². The van der Waals surface area contributed by atoms with E-state index in [1.807, 2.05) is 25.3 Å². The molecule has 0 aliphatic carbocycles. The van der Waals surface area contributed by atoms with Gasteiger partial charge in [0.15, 0.2) is 0 Å². The summed E-state index contributed by atoms with van der Waals surface area (Å²) in [5.41, 5.74) is 4.90. The van der Waals surface area contributed by atoms with Crippen molar-refractivity contribution >= 4 is 22.3 Å². The Morgan fingerprint density at radius 1 is 1.06 bits per heavy atom. The number of nitrogens with zero attached hydrogens (tertiary/aromatic N) is 3. The number of rotatable bonds is 4. The van der Waals surface area contributed by atoms with Gasteiger partial charge in [0, 0.05) is 29.8 Å². The van der Waals surface area contributed by atoms with Gasteiger partial charge in [0.2, 0.25) is 0 Å². The van der Waals surface area contributed by atoms with Crippen molar-refractivity contribution in [3.63, 3.8) is 0 Å². The number of piperidine rings is 1. The molecule has 1 fully saturated rings. The number of likely N-dealkylation sites (tertiary alicyclic amines) is 1. The molecule has 0 radical (unpaired) electrons. The number of aromatic nitrogens is 3. The van der Waals surface area contributed by atoms with E-state index in [0.717, 1.165) is 41.0 Å². The summed E-state index contributed by atoms with van der Waals surface area (Å²) in [5, 5.41) is 4.78. The predicted octanol–water partition coefficient (Wildman–Crippen LogP) is 4.85. The van der Waals surface area contributed by atoms with Gasteiger partial charge in [-0.1, -0.05) is 12.1 Å². The number of H-pyrrole nitrogens is 1. The van der Waals surface area contributed by atoms with Crippen molar-refractivity contribution in [1.82, 2.24) is 19.9 Å². The molecule has 5 rings (SSSR count). The lowest BCUT2D eigenvalue weighted by molar-refractivity contribution is 0.255. The largest absolute Gasteiger partial charge is 0.340 e. The van der Waals surface area contributed by atoms with Gasteiger partial charge in [-0.2, -0.15) is 0 Å². The molecule has 1 aliphatic heterocycles. The Labute approximate surface area is 187 Å². The van der Waals surface area contributed by atoms with Crippen molar-refractivity contribution in [3.8, 4) is 11.3 Å². The summed E-state index contributed by atoms with van der Waals surface area (Å²) in [5.74, 6) is 1.16. The quantitative estimate of drug-likeness (QED) is 0.489. The normalized spacial score (nSPS) is 15.2. The third-order valence-electron chi connectivity index (χ3n) is 6.29. The number of hydrogen-bond donors (Lipinski definition) is 2. The van der Waals surface area contributed by atoms with Crippen molar-refractivity contribution in [2.75, 3.05) is 25.5 Å². The average Bonchev–Trinajstić information content (AvgIpc) is 2.80. The van der Waals surface area contributed by atoms with Crippen molar-refractivity contribution in [1.29, 1.82) is 0 Å². The second kappa shape index (κ2) is 8.55. The summed E-state index contributed by atoms with van der Waals surface area (Å²) >= 11 is 0. The first kappa shape index (κ1) is 20.4. The summed E-state index contributed by atoms with van der Waals surface area (Å²) in [6, 6.07) is 14.4. The van der Waals surface area contributed by atoms with E-state index in [4.69, 9.17) is 4.98 Å². The van der Waals surface area contributed by atoms with Crippen LogP contribution in [0.25, 0.3) is 22.0 Å². The third kappa shape index (κ3) is 4.14. The van der Waals surface area contributed by atoms with Gasteiger partial charge in [0.1, 0.15) is 5.82 Å². The molecular formula is C26H27N5O. The van der Waals surface area contributed by atoms with Crippen LogP contribution < -0.4 is 10.9 Å². The van der Waals surface area contributed by atoms with E-state index in [1.165, 1.54) is 18.4 Å². The van der Waals surface area contributed by atoms with Gasteiger partial charge in [-0.3, -0.25) is 9.78 Å². The molecule has 0 bridgehead atoms. The van der Waals surface area contributed by atoms with Crippen LogP contribution in [0.1, 0.15) is 29.9 Å². The monoisotopic (exact) mass is 425 g/mol. The number of anilines is 2. The highest BCUT2D eigenvalue weighted by molar-refractivity contribution is 5.95. The van der Waals surface area contributed by atoms with Gasteiger partial charge in [0.05, 0.1) is 11.1 Å². The summed E-state index contributed by atoms with van der Waals surface area (Å²) in [4.78, 5) is 26.9. The SMILES string of the molecule is Cc1cncc(-c2cc3cc[nH]c(=O)c3c(Nc3ccc(C4CCN(C)CC4)cc3)n2)c1. The Balaban J connectivity index is 1.50. The van der Waals surface area contributed by atoms with Gasteiger partial charge in [0.25, 0.3) is 5.56 Å². The highest BCUT2D eigenvalue weighted by Crippen LogP contribution is 2.31. The third-order valence-corrected chi connectivity index (χ3v) is 6.29. The zero-order chi connectivity index (χ0) is 22.1. The molecule has 0 saturated carbocycles. The van der Waals surface area contributed by atoms with Gasteiger partial charge in [-0.25, -0.2) is 4.98 Å². The number of nitrogens with one attached hydrogen (secondary N) is 2. The number of benzene rings is 1. The maximum absolute atomic E-state index is 12.6. The number of fused-ring (bicyclic) bond motifs is 1. The lowest BCUT2D eigenvalue weighted by Gasteiger charge is -2.29. The highest BCUT2D eigenvalue weighted by Gasteiger charge is 2.18. The topological polar surface area (TPSA) is 73.9 Å². The molecule has 1 aromatic carbocycles. The molecule has 2 N–H and O–H groups in total. The molecule has 4 aromatic rings. The summed E-state index contributed by atoms with van der Waals surface area (Å²) in [7, 11) is 2.18. The van der Waals surface area contributed by atoms with Crippen molar-refractivity contribution in [3.05, 3.63) is 82.5 Å². The minimum Gasteiger partial charge on any atom is -0.340 e. The molecule has 3 aromatic heterocycles. The first-order valence-corrected chi connectivity index (χ1v) is 11.1. The molecule has 1 aliphatic rings. The standard InChI is InChI=1S/C26H27N5O/c1-17-13-21(16-27-15-17)23-14-20-7-10-28-26(32)24(20)25(30-23)29-22-5-3-18(4-6-22)19-8-11-31(2)12-9-19/h3-7,10,13-16,19H,8-9,11-12H2,1-2H3,(H,28,32)(H,29,30). The second-order valence-corrected chi connectivity index (χ2v) is 8.70. The fraction of sp³-hybridized carbons (Fsp3) is 0.269. The van der Waals surface area contributed by atoms with Crippen LogP contribution in [0.4, 0.5) is 11.5 Å². The first-order chi connectivity index (χ1) is 15.6. The van der Waals surface area contributed by atoms with E-state index in [2.05, 4.69) is 57.6 Å². The first-order valence-electron chi connectivity index (χ1n) is 11.1. The van der Waals surface area contributed by atoms with Crippen LogP contribution >= 0.6 is 0 Å². The van der Waals surface area contributed by atoms with E-state index in [9.17, 15) is 4.79 Å². The smallest absolute Gasteiger partial charge is 0.259 e. The molecular weight excluding hydrogens is 398 g/mol. The molecule has 1 saturated heterocycles. The van der Waals surface area contributed by atoms with E-state index < -0.39 is 0 Å². The highest BCUT2D eigenvalue weighted by atomic mass is 16.1. The van der Waals surface area contributed by atoms with Crippen LogP contribution in [0.2, 0.25) is 0 Å². The van der Waals surface area contributed by atoms with E-state index >= 15 is 0 Å². The molecule has 0 amide bonds. The fourth-order valence-corrected chi connectivity index (χ4v) is 4.46. The fourth-order valence-electron chi connectivity index (χ4n) is 4.46. The maximum atomic E-state index is 12.6. The molecule has 0 spiro atoms. The van der Waals surface area contributed by atoms with Crippen molar-refractivity contribution < 1.29 is 0 Å². The average molecular weight is 426 g/mol. The van der Waals surface area contributed by atoms with Crippen LogP contribution in [0.5, 0.6) is 0 Å². The minimum atomic E-state index is -0.158. The van der Waals surface area contributed by atoms with Gasteiger partial charge in [-0.15, -0.1) is 0 Å². The van der Waals surface area contributed by atoms with Crippen LogP contribution in [-0.2, 0) is 0 Å². The summed E-state index contributed by atoms with van der Waals surface area (Å²) in [6.07, 6.45) is 7.67. The maximum Gasteiger partial charge on any atom is 0.259 e. The molecule has 6 nitrogen and oxygen atoms in total. The predicted molar refractivity (Wildman–Crippen MR) is 130 cm³/mol. The molecule has 4 heterocycles. The lowest BCUT2D eigenvalue weighted by Crippen LogP contribution is -2.29. The molecule has 0 unspecified atom stereocenters. The Bertz CT molecular complexity index is 1300. The van der Waals surface area contributed by atoms with Crippen LogP contribution in [0, 0.1) is 6.92 Å². The second-order valence-electron chi connectivity index (χ2n) is 8.70. The molecule has 0 atom stereocenters. The minimum absolute atomic E-state index is 0.158. The Kier molecular flexibility index (Phi) is 5.45. The Hall–Kier alpha value is -3.51. The number of aromatic amines is 1. The molecule has 6 heteroatoms. The van der Waals surface area contributed by atoms with Crippen LogP contribution in [0.3, 0.4) is 0 Å². The van der Waals surface area contributed by atoms with Gasteiger partial charge in [-0.05, 0) is 92.7 Å². The van der Waals surface area contributed by atoms with Crippen molar-refractivity contribution in [2.24, 2.45) is 0 Å².